The summed E-state index contributed by atoms with van der Waals surface area (Å²) in [7, 11) is 1.89. The van der Waals surface area contributed by atoms with E-state index < -0.39 is 0 Å². The third kappa shape index (κ3) is 2.07. The van der Waals surface area contributed by atoms with Gasteiger partial charge in [0.25, 0.3) is 0 Å². The lowest BCUT2D eigenvalue weighted by molar-refractivity contribution is 0.520. The van der Waals surface area contributed by atoms with Crippen LogP contribution >= 0.6 is 15.9 Å². The molecule has 3 rings (SSSR count). The predicted octanol–water partition coefficient (Wildman–Crippen LogP) is 3.59. The zero-order valence-electron chi connectivity index (χ0n) is 11.6. The van der Waals surface area contributed by atoms with Crippen molar-refractivity contribution in [3.05, 3.63) is 51.4 Å². The first-order valence-electron chi connectivity index (χ1n) is 6.41. The average molecular weight is 334 g/mol. The van der Waals surface area contributed by atoms with E-state index in [2.05, 4.69) is 27.1 Å². The van der Waals surface area contributed by atoms with Gasteiger partial charge < -0.3 is 10.2 Å². The summed E-state index contributed by atoms with van der Waals surface area (Å²) in [5.74, 6) is 0.800. The molecule has 0 fully saturated rings. The first kappa shape index (κ1) is 13.4. The average Bonchev–Trinajstić information content (AvgIpc) is 2.90. The van der Waals surface area contributed by atoms with E-state index in [-0.39, 0.29) is 6.04 Å². The summed E-state index contributed by atoms with van der Waals surface area (Å²) in [6, 6.07) is 5.68. The number of hydrogen-bond acceptors (Lipinski definition) is 3. The molecule has 0 aliphatic carbocycles. The van der Waals surface area contributed by atoms with Crippen molar-refractivity contribution in [3.8, 4) is 0 Å². The molecule has 0 aliphatic heterocycles. The normalized spacial score (nSPS) is 13.1. The molecule has 0 spiro atoms. The van der Waals surface area contributed by atoms with Gasteiger partial charge in [-0.2, -0.15) is 5.10 Å². The van der Waals surface area contributed by atoms with Gasteiger partial charge in [0, 0.05) is 34.2 Å². The van der Waals surface area contributed by atoms with E-state index in [4.69, 9.17) is 10.2 Å². The Morgan fingerprint density at radius 3 is 2.75 bits per heavy atom. The smallest absolute Gasteiger partial charge is 0.134 e. The van der Waals surface area contributed by atoms with E-state index in [9.17, 15) is 0 Å². The van der Waals surface area contributed by atoms with Crippen LogP contribution in [0.1, 0.15) is 28.6 Å². The molecule has 2 N–H and O–H groups in total. The fourth-order valence-corrected chi connectivity index (χ4v) is 2.93. The van der Waals surface area contributed by atoms with Gasteiger partial charge in [-0.15, -0.1) is 0 Å². The minimum atomic E-state index is -0.296. The summed E-state index contributed by atoms with van der Waals surface area (Å²) in [6.07, 6.45) is 1.95. The van der Waals surface area contributed by atoms with E-state index in [1.165, 1.54) is 0 Å². The number of aromatic nitrogens is 2. The standard InChI is InChI=1S/C15H16BrN3O/c1-8-11-6-10(16)4-5-13(11)20-15(8)14(17)12-7-19(3)18-9(12)2/h4-7,14H,17H2,1-3H3. The zero-order valence-corrected chi connectivity index (χ0v) is 13.2. The molecule has 0 radical (unpaired) electrons. The molecule has 0 amide bonds. The molecule has 104 valence electrons. The fraction of sp³-hybridized carbons (Fsp3) is 0.267. The molecule has 20 heavy (non-hydrogen) atoms. The van der Waals surface area contributed by atoms with Gasteiger partial charge in [-0.25, -0.2) is 0 Å². The second kappa shape index (κ2) is 4.75. The first-order valence-corrected chi connectivity index (χ1v) is 7.21. The van der Waals surface area contributed by atoms with Crippen LogP contribution in [0.2, 0.25) is 0 Å². The molecule has 1 aromatic carbocycles. The number of furan rings is 1. The summed E-state index contributed by atoms with van der Waals surface area (Å²) in [5, 5.41) is 5.43. The van der Waals surface area contributed by atoms with Crippen LogP contribution in [-0.4, -0.2) is 9.78 Å². The van der Waals surface area contributed by atoms with Crippen LogP contribution in [0.3, 0.4) is 0 Å². The van der Waals surface area contributed by atoms with Crippen molar-refractivity contribution >= 4 is 26.9 Å². The minimum absolute atomic E-state index is 0.296. The molecule has 2 aromatic heterocycles. The summed E-state index contributed by atoms with van der Waals surface area (Å²) in [5.41, 5.74) is 10.2. The lowest BCUT2D eigenvalue weighted by Gasteiger charge is -2.08. The molecule has 2 heterocycles. The predicted molar refractivity (Wildman–Crippen MR) is 82.6 cm³/mol. The number of nitrogens with two attached hydrogens (primary N) is 1. The number of hydrogen-bond donors (Lipinski definition) is 1. The molecule has 0 bridgehead atoms. The lowest BCUT2D eigenvalue weighted by atomic mass is 10.0. The zero-order chi connectivity index (χ0) is 14.4. The van der Waals surface area contributed by atoms with Crippen molar-refractivity contribution in [2.24, 2.45) is 12.8 Å². The molecule has 1 unspecified atom stereocenters. The number of nitrogens with zero attached hydrogens (tertiary/aromatic N) is 2. The number of benzene rings is 1. The summed E-state index contributed by atoms with van der Waals surface area (Å²) in [6.45, 7) is 4.00. The molecule has 3 aromatic rings. The first-order chi connectivity index (χ1) is 9.47. The van der Waals surface area contributed by atoms with Crippen LogP contribution in [0, 0.1) is 13.8 Å². The lowest BCUT2D eigenvalue weighted by Crippen LogP contribution is -2.12. The molecule has 0 aliphatic rings. The van der Waals surface area contributed by atoms with Gasteiger partial charge in [0.1, 0.15) is 11.3 Å². The Labute approximate surface area is 125 Å². The largest absolute Gasteiger partial charge is 0.459 e. The third-order valence-corrected chi connectivity index (χ3v) is 4.10. The summed E-state index contributed by atoms with van der Waals surface area (Å²) < 4.78 is 8.76. The highest BCUT2D eigenvalue weighted by atomic mass is 79.9. The van der Waals surface area contributed by atoms with Crippen LogP contribution in [0.4, 0.5) is 0 Å². The van der Waals surface area contributed by atoms with Crippen LogP contribution in [0.15, 0.2) is 33.3 Å². The molecule has 4 nitrogen and oxygen atoms in total. The number of fused-ring (bicyclic) bond motifs is 1. The second-order valence-electron chi connectivity index (χ2n) is 5.05. The van der Waals surface area contributed by atoms with Gasteiger partial charge >= 0.3 is 0 Å². The monoisotopic (exact) mass is 333 g/mol. The highest BCUT2D eigenvalue weighted by Gasteiger charge is 2.21. The third-order valence-electron chi connectivity index (χ3n) is 3.60. The maximum absolute atomic E-state index is 6.37. The molecular formula is C15H16BrN3O. The Bertz CT molecular complexity index is 788. The second-order valence-corrected chi connectivity index (χ2v) is 5.97. The molecule has 0 saturated heterocycles. The van der Waals surface area contributed by atoms with Crippen LogP contribution < -0.4 is 5.73 Å². The van der Waals surface area contributed by atoms with Crippen molar-refractivity contribution in [1.29, 1.82) is 0 Å². The van der Waals surface area contributed by atoms with Gasteiger partial charge in [0.05, 0.1) is 11.7 Å². The van der Waals surface area contributed by atoms with Crippen molar-refractivity contribution in [3.63, 3.8) is 0 Å². The Morgan fingerprint density at radius 1 is 1.35 bits per heavy atom. The Morgan fingerprint density at radius 2 is 2.10 bits per heavy atom. The highest BCUT2D eigenvalue weighted by Crippen LogP contribution is 2.33. The number of rotatable bonds is 2. The summed E-state index contributed by atoms with van der Waals surface area (Å²) in [4.78, 5) is 0. The Balaban J connectivity index is 2.14. The van der Waals surface area contributed by atoms with Crippen LogP contribution in [-0.2, 0) is 7.05 Å². The van der Waals surface area contributed by atoms with Crippen molar-refractivity contribution in [2.45, 2.75) is 19.9 Å². The minimum Gasteiger partial charge on any atom is -0.459 e. The highest BCUT2D eigenvalue weighted by molar-refractivity contribution is 9.10. The fourth-order valence-electron chi connectivity index (χ4n) is 2.57. The topological polar surface area (TPSA) is 57.0 Å². The quantitative estimate of drug-likeness (QED) is 0.779. The van der Waals surface area contributed by atoms with Gasteiger partial charge in [-0.3, -0.25) is 4.68 Å². The number of aryl methyl sites for hydroxylation is 3. The maximum Gasteiger partial charge on any atom is 0.134 e. The molecular weight excluding hydrogens is 318 g/mol. The van der Waals surface area contributed by atoms with Crippen molar-refractivity contribution in [1.82, 2.24) is 9.78 Å². The van der Waals surface area contributed by atoms with Crippen molar-refractivity contribution in [2.75, 3.05) is 0 Å². The van der Waals surface area contributed by atoms with Gasteiger partial charge in [-0.05, 0) is 32.0 Å². The van der Waals surface area contributed by atoms with E-state index in [0.29, 0.717) is 0 Å². The SMILES string of the molecule is Cc1nn(C)cc1C(N)c1oc2ccc(Br)cc2c1C. The maximum atomic E-state index is 6.37. The van der Waals surface area contributed by atoms with Crippen molar-refractivity contribution < 1.29 is 4.42 Å². The van der Waals surface area contributed by atoms with E-state index in [0.717, 1.165) is 38.0 Å². The molecule has 5 heteroatoms. The van der Waals surface area contributed by atoms with Crippen LogP contribution in [0.25, 0.3) is 11.0 Å². The van der Waals surface area contributed by atoms with Gasteiger partial charge in [0.15, 0.2) is 0 Å². The van der Waals surface area contributed by atoms with E-state index >= 15 is 0 Å². The summed E-state index contributed by atoms with van der Waals surface area (Å²) >= 11 is 3.49. The molecule has 0 saturated carbocycles. The Kier molecular flexibility index (Phi) is 3.18. The molecule has 1 atom stereocenters. The van der Waals surface area contributed by atoms with Gasteiger partial charge in [-0.1, -0.05) is 15.9 Å². The van der Waals surface area contributed by atoms with Gasteiger partial charge in [0.2, 0.25) is 0 Å². The van der Waals surface area contributed by atoms with Crippen LogP contribution in [0.5, 0.6) is 0 Å². The number of halogens is 1. The Hall–Kier alpha value is -1.59. The van der Waals surface area contributed by atoms with E-state index in [1.807, 2.05) is 39.2 Å². The van der Waals surface area contributed by atoms with E-state index in [1.54, 1.807) is 4.68 Å².